The maximum absolute atomic E-state index is 12.0. The van der Waals surface area contributed by atoms with Gasteiger partial charge in [0.25, 0.3) is 10.0 Å². The van der Waals surface area contributed by atoms with Gasteiger partial charge in [0.1, 0.15) is 0 Å². The molecule has 1 saturated carbocycles. The van der Waals surface area contributed by atoms with Crippen LogP contribution in [0, 0.1) is 5.92 Å². The van der Waals surface area contributed by atoms with Gasteiger partial charge in [-0.15, -0.1) is 0 Å². The van der Waals surface area contributed by atoms with E-state index in [1.165, 1.54) is 16.9 Å². The zero-order valence-electron chi connectivity index (χ0n) is 10.5. The minimum absolute atomic E-state index is 0.197. The quantitative estimate of drug-likeness (QED) is 0.820. The highest BCUT2D eigenvalue weighted by molar-refractivity contribution is 7.89. The fraction of sp³-hybridized carbons (Fsp3) is 0.727. The van der Waals surface area contributed by atoms with Gasteiger partial charge in [-0.1, -0.05) is 6.42 Å². The van der Waals surface area contributed by atoms with Crippen LogP contribution in [0.4, 0.5) is 0 Å². The monoisotopic (exact) mass is 272 g/mol. The molecule has 0 bridgehead atoms. The number of nitrogens with zero attached hydrogens (tertiary/aromatic N) is 2. The van der Waals surface area contributed by atoms with Crippen LogP contribution < -0.4 is 10.5 Å². The summed E-state index contributed by atoms with van der Waals surface area (Å²) in [6.07, 6.45) is 5.55. The maximum atomic E-state index is 12.0. The summed E-state index contributed by atoms with van der Waals surface area (Å²) in [5, 5.41) is 4.06. The van der Waals surface area contributed by atoms with Gasteiger partial charge in [-0.05, 0) is 31.2 Å². The summed E-state index contributed by atoms with van der Waals surface area (Å²) < 4.78 is 28.1. The van der Waals surface area contributed by atoms with Crippen molar-refractivity contribution in [1.82, 2.24) is 14.5 Å². The second-order valence-corrected chi connectivity index (χ2v) is 6.65. The molecule has 0 aliphatic heterocycles. The van der Waals surface area contributed by atoms with Crippen molar-refractivity contribution in [2.75, 3.05) is 6.54 Å². The van der Waals surface area contributed by atoms with Crippen LogP contribution >= 0.6 is 0 Å². The molecule has 1 aliphatic rings. The highest BCUT2D eigenvalue weighted by Crippen LogP contribution is 2.22. The van der Waals surface area contributed by atoms with Crippen molar-refractivity contribution in [2.45, 2.75) is 36.8 Å². The SMILES string of the molecule is Cn1nccc1S(=O)(=O)NCC1CCCC(N)C1. The van der Waals surface area contributed by atoms with Gasteiger partial charge in [0, 0.05) is 19.6 Å². The highest BCUT2D eigenvalue weighted by Gasteiger charge is 2.23. The Morgan fingerprint density at radius 3 is 2.94 bits per heavy atom. The van der Waals surface area contributed by atoms with Gasteiger partial charge in [0.05, 0.1) is 6.20 Å². The Kier molecular flexibility index (Phi) is 4.04. The fourth-order valence-electron chi connectivity index (χ4n) is 2.44. The van der Waals surface area contributed by atoms with Gasteiger partial charge in [0.15, 0.2) is 5.03 Å². The summed E-state index contributed by atoms with van der Waals surface area (Å²) in [7, 11) is -1.84. The first-order chi connectivity index (χ1) is 8.49. The first-order valence-corrected chi connectivity index (χ1v) is 7.70. The van der Waals surface area contributed by atoms with Crippen LogP contribution in [-0.4, -0.2) is 30.8 Å². The summed E-state index contributed by atoms with van der Waals surface area (Å²) in [5.41, 5.74) is 5.89. The average molecular weight is 272 g/mol. The number of nitrogens with one attached hydrogen (secondary N) is 1. The molecular formula is C11H20N4O2S. The van der Waals surface area contributed by atoms with Crippen LogP contribution in [0.3, 0.4) is 0 Å². The number of aromatic nitrogens is 2. The normalized spacial score (nSPS) is 25.2. The van der Waals surface area contributed by atoms with E-state index >= 15 is 0 Å². The van der Waals surface area contributed by atoms with Crippen LogP contribution in [0.15, 0.2) is 17.3 Å². The van der Waals surface area contributed by atoms with Crippen molar-refractivity contribution in [3.8, 4) is 0 Å². The molecule has 3 N–H and O–H groups in total. The molecule has 1 aromatic heterocycles. The smallest absolute Gasteiger partial charge is 0.257 e. The van der Waals surface area contributed by atoms with Crippen LogP contribution in [0.1, 0.15) is 25.7 Å². The standard InChI is InChI=1S/C11H20N4O2S/c1-15-11(5-6-13-15)18(16,17)14-8-9-3-2-4-10(12)7-9/h5-6,9-10,14H,2-4,7-8,12H2,1H3. The molecule has 2 atom stereocenters. The van der Waals surface area contributed by atoms with Crippen molar-refractivity contribution in [3.63, 3.8) is 0 Å². The third kappa shape index (κ3) is 3.09. The van der Waals surface area contributed by atoms with Gasteiger partial charge in [0.2, 0.25) is 0 Å². The molecule has 102 valence electrons. The Balaban J connectivity index is 1.95. The summed E-state index contributed by atoms with van der Waals surface area (Å²) in [6, 6.07) is 1.71. The average Bonchev–Trinajstić information content (AvgIpc) is 2.74. The molecular weight excluding hydrogens is 252 g/mol. The van der Waals surface area contributed by atoms with Crippen LogP contribution in [-0.2, 0) is 17.1 Å². The minimum atomic E-state index is -3.45. The Morgan fingerprint density at radius 1 is 1.56 bits per heavy atom. The topological polar surface area (TPSA) is 90.0 Å². The third-order valence-electron chi connectivity index (χ3n) is 3.44. The Hall–Kier alpha value is -0.920. The van der Waals surface area contributed by atoms with E-state index < -0.39 is 10.0 Å². The van der Waals surface area contributed by atoms with Gasteiger partial charge >= 0.3 is 0 Å². The van der Waals surface area contributed by atoms with E-state index in [1.807, 2.05) is 0 Å². The molecule has 1 aliphatic carbocycles. The summed E-state index contributed by atoms with van der Waals surface area (Å²) >= 11 is 0. The van der Waals surface area contributed by atoms with Crippen LogP contribution in [0.25, 0.3) is 0 Å². The number of aryl methyl sites for hydroxylation is 1. The van der Waals surface area contributed by atoms with Crippen molar-refractivity contribution in [2.24, 2.45) is 18.7 Å². The Morgan fingerprint density at radius 2 is 2.33 bits per heavy atom. The van der Waals surface area contributed by atoms with E-state index in [4.69, 9.17) is 5.73 Å². The molecule has 0 spiro atoms. The predicted octanol–water partition coefficient (Wildman–Crippen LogP) is 0.216. The maximum Gasteiger partial charge on any atom is 0.257 e. The van der Waals surface area contributed by atoms with E-state index in [9.17, 15) is 8.42 Å². The first kappa shape index (κ1) is 13.5. The van der Waals surface area contributed by atoms with Crippen molar-refractivity contribution < 1.29 is 8.42 Å². The van der Waals surface area contributed by atoms with Crippen molar-refractivity contribution in [3.05, 3.63) is 12.3 Å². The molecule has 7 heteroatoms. The molecule has 6 nitrogen and oxygen atoms in total. The zero-order chi connectivity index (χ0) is 13.2. The van der Waals surface area contributed by atoms with E-state index in [0.29, 0.717) is 12.5 Å². The zero-order valence-corrected chi connectivity index (χ0v) is 11.4. The Labute approximate surface area is 108 Å². The second kappa shape index (κ2) is 5.38. The number of hydrogen-bond donors (Lipinski definition) is 2. The molecule has 0 aromatic carbocycles. The van der Waals surface area contributed by atoms with Gasteiger partial charge in [-0.25, -0.2) is 13.1 Å². The minimum Gasteiger partial charge on any atom is -0.328 e. The third-order valence-corrected chi connectivity index (χ3v) is 4.93. The number of nitrogens with two attached hydrogens (primary N) is 1. The fourth-order valence-corrected chi connectivity index (χ4v) is 3.68. The number of hydrogen-bond acceptors (Lipinski definition) is 4. The molecule has 1 aromatic rings. The number of sulfonamides is 1. The summed E-state index contributed by atoms with van der Waals surface area (Å²) in [4.78, 5) is 0. The lowest BCUT2D eigenvalue weighted by atomic mass is 9.86. The molecule has 2 rings (SSSR count). The molecule has 0 saturated heterocycles. The molecule has 0 amide bonds. The van der Waals surface area contributed by atoms with Gasteiger partial charge in [-0.3, -0.25) is 4.68 Å². The van der Waals surface area contributed by atoms with Crippen LogP contribution in [0.5, 0.6) is 0 Å². The molecule has 2 unspecified atom stereocenters. The molecule has 1 heterocycles. The van der Waals surface area contributed by atoms with E-state index in [1.54, 1.807) is 7.05 Å². The lowest BCUT2D eigenvalue weighted by Crippen LogP contribution is -2.36. The van der Waals surface area contributed by atoms with E-state index in [2.05, 4.69) is 9.82 Å². The number of rotatable bonds is 4. The second-order valence-electron chi connectivity index (χ2n) is 4.94. The van der Waals surface area contributed by atoms with E-state index in [-0.39, 0.29) is 11.1 Å². The van der Waals surface area contributed by atoms with E-state index in [0.717, 1.165) is 25.7 Å². The van der Waals surface area contributed by atoms with Crippen molar-refractivity contribution >= 4 is 10.0 Å². The van der Waals surface area contributed by atoms with Gasteiger partial charge in [-0.2, -0.15) is 5.10 Å². The summed E-state index contributed by atoms with van der Waals surface area (Å²) in [6.45, 7) is 0.460. The lowest BCUT2D eigenvalue weighted by Gasteiger charge is -2.26. The molecule has 1 fully saturated rings. The largest absolute Gasteiger partial charge is 0.328 e. The Bertz CT molecular complexity index is 497. The van der Waals surface area contributed by atoms with Gasteiger partial charge < -0.3 is 5.73 Å². The predicted molar refractivity (Wildman–Crippen MR) is 68.3 cm³/mol. The summed E-state index contributed by atoms with van der Waals surface area (Å²) in [5.74, 6) is 0.344. The lowest BCUT2D eigenvalue weighted by molar-refractivity contribution is 0.322. The first-order valence-electron chi connectivity index (χ1n) is 6.22. The molecule has 0 radical (unpaired) electrons. The van der Waals surface area contributed by atoms with Crippen LogP contribution in [0.2, 0.25) is 0 Å². The van der Waals surface area contributed by atoms with Crippen molar-refractivity contribution in [1.29, 1.82) is 0 Å². The highest BCUT2D eigenvalue weighted by atomic mass is 32.2. The molecule has 18 heavy (non-hydrogen) atoms.